The fourth-order valence-electron chi connectivity index (χ4n) is 0. The van der Waals surface area contributed by atoms with E-state index in [1.165, 1.54) is 0 Å². The van der Waals surface area contributed by atoms with Gasteiger partial charge in [0.15, 0.2) is 0 Å². The molecule has 0 unspecified atom stereocenters. The largest absolute Gasteiger partial charge is 1.00 e. The van der Waals surface area contributed by atoms with Crippen LogP contribution < -0.4 is 51.4 Å². The third kappa shape index (κ3) is 419. The van der Waals surface area contributed by atoms with E-state index in [2.05, 4.69) is 0 Å². The smallest absolute Gasteiger partial charge is 1.00 e. The Hall–Kier alpha value is 1.82. The van der Waals surface area contributed by atoms with Crippen LogP contribution in [0.3, 0.4) is 0 Å². The Balaban J connectivity index is -0.0000000267. The number of hydrogen-bond donors (Lipinski definition) is 6. The molecule has 74 valence electrons. The van der Waals surface area contributed by atoms with Gasteiger partial charge in [-0.25, -0.2) is 9.13 Å². The summed E-state index contributed by atoms with van der Waals surface area (Å²) in [5.74, 6) is 0. The Morgan fingerprint density at radius 2 is 0.750 bits per heavy atom. The van der Waals surface area contributed by atoms with Crippen molar-refractivity contribution in [1.29, 1.82) is 0 Å². The van der Waals surface area contributed by atoms with Crippen molar-refractivity contribution < 1.29 is 96.8 Å². The van der Waals surface area contributed by atoms with Crippen molar-refractivity contribution in [2.24, 2.45) is 0 Å². The monoisotopic (exact) mass is 254 g/mol. The molecule has 0 aliphatic carbocycles. The average molecular weight is 254 g/mol. The molecule has 0 saturated heterocycles. The minimum Gasteiger partial charge on any atom is -1.00 e. The summed E-state index contributed by atoms with van der Waals surface area (Å²) in [7, 11) is -9.28. The Morgan fingerprint density at radius 3 is 0.750 bits per heavy atom. The first-order chi connectivity index (χ1) is 4.00. The van der Waals surface area contributed by atoms with Gasteiger partial charge in [-0.1, -0.05) is 0 Å². The fraction of sp³-hybridized carbons (Fsp3) is 0. The maximum atomic E-state index is 8.88. The van der Waals surface area contributed by atoms with Gasteiger partial charge in [0.1, 0.15) is 0 Å². The van der Waals surface area contributed by atoms with Crippen molar-refractivity contribution in [3.05, 3.63) is 0 Å². The molecule has 12 heavy (non-hydrogen) atoms. The van der Waals surface area contributed by atoms with Crippen molar-refractivity contribution in [1.82, 2.24) is 0 Å². The molecule has 9 nitrogen and oxygen atoms in total. The van der Waals surface area contributed by atoms with Crippen molar-refractivity contribution in [3.63, 3.8) is 0 Å². The third-order valence-electron chi connectivity index (χ3n) is 0. The van der Waals surface area contributed by atoms with Crippen molar-refractivity contribution in [2.75, 3.05) is 0 Å². The van der Waals surface area contributed by atoms with Crippen molar-refractivity contribution in [3.8, 4) is 0 Å². The number of hydrogen-bond acceptors (Lipinski definition) is 2. The molecule has 12 heteroatoms. The van der Waals surface area contributed by atoms with E-state index in [1.54, 1.807) is 0 Å². The van der Waals surface area contributed by atoms with Crippen molar-refractivity contribution in [2.45, 2.75) is 0 Å². The van der Waals surface area contributed by atoms with E-state index in [0.29, 0.717) is 0 Å². The molecule has 8 N–H and O–H groups in total. The molecule has 0 aliphatic rings. The summed E-state index contributed by atoms with van der Waals surface area (Å²) < 4.78 is 17.8. The van der Waals surface area contributed by atoms with Gasteiger partial charge in [-0.05, 0) is 0 Å². The quantitative estimate of drug-likeness (QED) is 0.182. The fourth-order valence-corrected chi connectivity index (χ4v) is 0. The molecular formula is H9KO9P2. The standard InChI is InChI=1S/K.2H3O4P.H2O.H/c;2*1-5(2,3)4;;/h;2*(H3,1,2,3,4);1H2;/q+1;;;;-1. The zero-order chi connectivity index (χ0) is 9.00. The van der Waals surface area contributed by atoms with Gasteiger partial charge >= 0.3 is 67.0 Å². The average Bonchev–Trinajstić information content (AvgIpc) is 1.12. The molecule has 0 aromatic heterocycles. The second-order valence-electron chi connectivity index (χ2n) is 1.03. The van der Waals surface area contributed by atoms with Crippen LogP contribution in [0.1, 0.15) is 1.43 Å². The normalized spacial score (nSPS) is 9.83. The van der Waals surface area contributed by atoms with Crippen LogP contribution in [-0.4, -0.2) is 34.8 Å². The van der Waals surface area contributed by atoms with E-state index in [0.717, 1.165) is 0 Å². The van der Waals surface area contributed by atoms with E-state index in [9.17, 15) is 0 Å². The molecular weight excluding hydrogens is 245 g/mol. The topological polar surface area (TPSA) is 187 Å². The summed E-state index contributed by atoms with van der Waals surface area (Å²) in [5.41, 5.74) is 0. The minimum absolute atomic E-state index is 0. The predicted octanol–water partition coefficient (Wildman–Crippen LogP) is -5.57. The SMILES string of the molecule is O.O=P(O)(O)O.O=P(O)(O)O.[H-].[K+]. The second kappa shape index (κ2) is 9.37. The third-order valence-corrected chi connectivity index (χ3v) is 0. The van der Waals surface area contributed by atoms with E-state index in [4.69, 9.17) is 38.5 Å². The molecule has 0 rings (SSSR count). The van der Waals surface area contributed by atoms with Crippen molar-refractivity contribution >= 4 is 15.6 Å². The molecule has 0 aliphatic heterocycles. The Bertz CT molecular complexity index is 130. The summed E-state index contributed by atoms with van der Waals surface area (Å²) in [6, 6.07) is 0. The van der Waals surface area contributed by atoms with Gasteiger partial charge in [-0.3, -0.25) is 0 Å². The van der Waals surface area contributed by atoms with Gasteiger partial charge in [0, 0.05) is 0 Å². The maximum absolute atomic E-state index is 8.88. The first-order valence-corrected chi connectivity index (χ1v) is 4.70. The first-order valence-electron chi connectivity index (χ1n) is 1.57. The van der Waals surface area contributed by atoms with Crippen LogP contribution in [0.25, 0.3) is 0 Å². The van der Waals surface area contributed by atoms with Crippen LogP contribution >= 0.6 is 15.6 Å². The van der Waals surface area contributed by atoms with Gasteiger partial charge in [0.05, 0.1) is 0 Å². The summed E-state index contributed by atoms with van der Waals surface area (Å²) in [4.78, 5) is 43.1. The first kappa shape index (κ1) is 23.6. The molecule has 0 aromatic rings. The molecule has 0 aromatic carbocycles. The summed E-state index contributed by atoms with van der Waals surface area (Å²) in [6.07, 6.45) is 0. The summed E-state index contributed by atoms with van der Waals surface area (Å²) in [6.45, 7) is 0. The molecule has 0 saturated carbocycles. The van der Waals surface area contributed by atoms with Crippen LogP contribution in [0, 0.1) is 0 Å². The van der Waals surface area contributed by atoms with Gasteiger partial charge in [-0.15, -0.1) is 0 Å². The van der Waals surface area contributed by atoms with Gasteiger partial charge in [0.25, 0.3) is 0 Å². The van der Waals surface area contributed by atoms with Crippen LogP contribution in [0.2, 0.25) is 0 Å². The predicted molar refractivity (Wildman–Crippen MR) is 33.3 cm³/mol. The van der Waals surface area contributed by atoms with Crippen LogP contribution in [0.15, 0.2) is 0 Å². The maximum Gasteiger partial charge on any atom is 1.00 e. The zero-order valence-electron chi connectivity index (χ0n) is 6.89. The Kier molecular flexibility index (Phi) is 18.4. The van der Waals surface area contributed by atoms with E-state index >= 15 is 0 Å². The molecule has 0 fully saturated rings. The molecule has 0 radical (unpaired) electrons. The molecule has 0 spiro atoms. The van der Waals surface area contributed by atoms with E-state index in [-0.39, 0.29) is 58.3 Å². The van der Waals surface area contributed by atoms with Crippen LogP contribution in [-0.2, 0) is 9.13 Å². The van der Waals surface area contributed by atoms with Gasteiger partial charge in [0.2, 0.25) is 0 Å². The minimum atomic E-state index is -4.64. The molecule has 0 amide bonds. The summed E-state index contributed by atoms with van der Waals surface area (Å²) in [5, 5.41) is 0. The van der Waals surface area contributed by atoms with E-state index in [1.807, 2.05) is 0 Å². The summed E-state index contributed by atoms with van der Waals surface area (Å²) >= 11 is 0. The molecule has 0 atom stereocenters. The zero-order valence-corrected chi connectivity index (χ0v) is 10.8. The second-order valence-corrected chi connectivity index (χ2v) is 3.08. The van der Waals surface area contributed by atoms with Gasteiger partial charge in [-0.2, -0.15) is 0 Å². The van der Waals surface area contributed by atoms with Crippen LogP contribution in [0.5, 0.6) is 0 Å². The molecule has 0 bridgehead atoms. The van der Waals surface area contributed by atoms with Gasteiger partial charge < -0.3 is 36.3 Å². The molecule has 0 heterocycles. The van der Waals surface area contributed by atoms with Crippen LogP contribution in [0.4, 0.5) is 0 Å². The Labute approximate surface area is 111 Å². The number of rotatable bonds is 0. The number of phosphoric acid groups is 2. The Morgan fingerprint density at radius 1 is 0.750 bits per heavy atom. The van der Waals surface area contributed by atoms with E-state index < -0.39 is 15.6 Å².